The third kappa shape index (κ3) is 1.89. The van der Waals surface area contributed by atoms with Crippen molar-refractivity contribution in [1.82, 2.24) is 0 Å². The Morgan fingerprint density at radius 1 is 0.778 bits per heavy atom. The first kappa shape index (κ1) is 10.7. The second kappa shape index (κ2) is 4.41. The van der Waals surface area contributed by atoms with E-state index in [0.29, 0.717) is 0 Å². The largest absolute Gasteiger partial charge is 0.472 e. The Bertz CT molecular complexity index is 642. The summed E-state index contributed by atoms with van der Waals surface area (Å²) in [5, 5.41) is 0. The van der Waals surface area contributed by atoms with Crippen molar-refractivity contribution in [3.05, 3.63) is 67.1 Å². The minimum absolute atomic E-state index is 0.755. The molecule has 3 rings (SSSR count). The van der Waals surface area contributed by atoms with Crippen LogP contribution in [0.2, 0.25) is 0 Å². The van der Waals surface area contributed by atoms with Gasteiger partial charge in [0.25, 0.3) is 0 Å². The summed E-state index contributed by atoms with van der Waals surface area (Å²) in [7, 11) is 0. The lowest BCUT2D eigenvalue weighted by Crippen LogP contribution is -1.88. The number of hydrogen-bond acceptors (Lipinski definition) is 2. The second-order valence-electron chi connectivity index (χ2n) is 4.18. The highest BCUT2D eigenvalue weighted by Crippen LogP contribution is 2.33. The lowest BCUT2D eigenvalue weighted by atomic mass is 9.95. The minimum atomic E-state index is 0.755. The molecule has 0 unspecified atom stereocenters. The average Bonchev–Trinajstić information content (AvgIpc) is 2.93. The summed E-state index contributed by atoms with van der Waals surface area (Å²) in [4.78, 5) is 0. The average molecular weight is 235 g/mol. The summed E-state index contributed by atoms with van der Waals surface area (Å²) >= 11 is 0. The van der Waals surface area contributed by atoms with E-state index in [4.69, 9.17) is 10.2 Å². The molecule has 0 radical (unpaired) electrons. The van der Waals surface area contributed by atoms with E-state index in [-0.39, 0.29) is 0 Å². The smallest absolute Gasteiger partial charge is 0.0981 e. The van der Waals surface area contributed by atoms with Gasteiger partial charge in [-0.2, -0.15) is 0 Å². The van der Waals surface area contributed by atoms with Gasteiger partial charge in [0.2, 0.25) is 0 Å². The first-order valence-electron chi connectivity index (χ1n) is 5.82. The zero-order chi connectivity index (χ0) is 12.4. The zero-order valence-electron chi connectivity index (χ0n) is 9.84. The Labute approximate surface area is 106 Å². The van der Waals surface area contributed by atoms with Gasteiger partial charge in [0.15, 0.2) is 0 Å². The van der Waals surface area contributed by atoms with Gasteiger partial charge < -0.3 is 10.2 Å². The normalized spacial score (nSPS) is 10.4. The third-order valence-electron chi connectivity index (χ3n) is 2.96. The fraction of sp³-hybridized carbons (Fsp3) is 0. The quantitative estimate of drug-likeness (QED) is 0.676. The number of nitrogens with two attached hydrogens (primary N) is 1. The molecular formula is C16H13NO. The highest BCUT2D eigenvalue weighted by molar-refractivity contribution is 5.85. The highest BCUT2D eigenvalue weighted by atomic mass is 16.3. The van der Waals surface area contributed by atoms with E-state index in [1.165, 1.54) is 5.56 Å². The minimum Gasteiger partial charge on any atom is -0.472 e. The van der Waals surface area contributed by atoms with E-state index >= 15 is 0 Å². The van der Waals surface area contributed by atoms with Crippen LogP contribution in [0.25, 0.3) is 22.3 Å². The van der Waals surface area contributed by atoms with Crippen molar-refractivity contribution in [2.75, 3.05) is 5.73 Å². The number of anilines is 1. The molecule has 3 aromatic rings. The highest BCUT2D eigenvalue weighted by Gasteiger charge is 2.08. The maximum Gasteiger partial charge on any atom is 0.0981 e. The predicted molar refractivity (Wildman–Crippen MR) is 74.0 cm³/mol. The number of benzene rings is 2. The van der Waals surface area contributed by atoms with E-state index in [0.717, 1.165) is 22.4 Å². The van der Waals surface area contributed by atoms with Crippen LogP contribution < -0.4 is 5.73 Å². The predicted octanol–water partition coefficient (Wildman–Crippen LogP) is 4.20. The summed E-state index contributed by atoms with van der Waals surface area (Å²) in [6, 6.07) is 18.2. The lowest BCUT2D eigenvalue weighted by Gasteiger charge is -2.09. The van der Waals surface area contributed by atoms with Crippen LogP contribution in [-0.2, 0) is 0 Å². The summed E-state index contributed by atoms with van der Waals surface area (Å²) in [6.45, 7) is 0. The molecule has 0 spiro atoms. The summed E-state index contributed by atoms with van der Waals surface area (Å²) < 4.78 is 5.16. The van der Waals surface area contributed by atoms with E-state index in [1.807, 2.05) is 42.5 Å². The molecule has 88 valence electrons. The molecule has 0 fully saturated rings. The van der Waals surface area contributed by atoms with Crippen molar-refractivity contribution >= 4 is 5.69 Å². The van der Waals surface area contributed by atoms with Crippen molar-refractivity contribution in [3.8, 4) is 22.3 Å². The maximum absolute atomic E-state index is 5.88. The van der Waals surface area contributed by atoms with Crippen molar-refractivity contribution < 1.29 is 4.42 Å². The molecule has 0 bridgehead atoms. The Hall–Kier alpha value is -2.48. The van der Waals surface area contributed by atoms with Crippen molar-refractivity contribution in [2.45, 2.75) is 0 Å². The van der Waals surface area contributed by atoms with Gasteiger partial charge in [0.05, 0.1) is 12.5 Å². The fourth-order valence-electron chi connectivity index (χ4n) is 2.09. The molecule has 18 heavy (non-hydrogen) atoms. The topological polar surface area (TPSA) is 39.2 Å². The molecule has 0 saturated heterocycles. The molecule has 0 amide bonds. The van der Waals surface area contributed by atoms with Crippen LogP contribution in [0.3, 0.4) is 0 Å². The van der Waals surface area contributed by atoms with E-state index in [1.54, 1.807) is 12.5 Å². The van der Waals surface area contributed by atoms with E-state index in [9.17, 15) is 0 Å². The SMILES string of the molecule is Nc1ccc(-c2ccccc2)c(-c2ccoc2)c1. The molecule has 2 aromatic carbocycles. The van der Waals surface area contributed by atoms with Crippen LogP contribution in [0.4, 0.5) is 5.69 Å². The Balaban J connectivity index is 2.21. The van der Waals surface area contributed by atoms with Gasteiger partial charge in [0, 0.05) is 11.3 Å². The van der Waals surface area contributed by atoms with Gasteiger partial charge in [-0.25, -0.2) is 0 Å². The molecule has 0 aliphatic heterocycles. The molecule has 2 nitrogen and oxygen atoms in total. The van der Waals surface area contributed by atoms with Gasteiger partial charge in [-0.15, -0.1) is 0 Å². The van der Waals surface area contributed by atoms with E-state index < -0.39 is 0 Å². The number of rotatable bonds is 2. The Kier molecular flexibility index (Phi) is 2.61. The van der Waals surface area contributed by atoms with Crippen LogP contribution in [-0.4, -0.2) is 0 Å². The molecule has 0 saturated carbocycles. The molecule has 0 aliphatic rings. The first-order chi connectivity index (χ1) is 8.84. The van der Waals surface area contributed by atoms with Gasteiger partial charge in [-0.3, -0.25) is 0 Å². The molecule has 0 aliphatic carbocycles. The van der Waals surface area contributed by atoms with Gasteiger partial charge >= 0.3 is 0 Å². The van der Waals surface area contributed by atoms with Crippen LogP contribution >= 0.6 is 0 Å². The number of hydrogen-bond donors (Lipinski definition) is 1. The maximum atomic E-state index is 5.88. The summed E-state index contributed by atoms with van der Waals surface area (Å²) in [6.07, 6.45) is 3.41. The Morgan fingerprint density at radius 2 is 1.61 bits per heavy atom. The Morgan fingerprint density at radius 3 is 2.33 bits per heavy atom. The fourth-order valence-corrected chi connectivity index (χ4v) is 2.09. The van der Waals surface area contributed by atoms with Crippen LogP contribution in [0.5, 0.6) is 0 Å². The monoisotopic (exact) mass is 235 g/mol. The first-order valence-corrected chi connectivity index (χ1v) is 5.82. The molecule has 2 heteroatoms. The molecule has 1 heterocycles. The second-order valence-corrected chi connectivity index (χ2v) is 4.18. The van der Waals surface area contributed by atoms with Crippen molar-refractivity contribution in [3.63, 3.8) is 0 Å². The third-order valence-corrected chi connectivity index (χ3v) is 2.96. The molecular weight excluding hydrogens is 222 g/mol. The van der Waals surface area contributed by atoms with Crippen LogP contribution in [0.15, 0.2) is 71.5 Å². The summed E-state index contributed by atoms with van der Waals surface area (Å²) in [5.41, 5.74) is 11.1. The number of furan rings is 1. The number of nitrogen functional groups attached to an aromatic ring is 1. The van der Waals surface area contributed by atoms with Gasteiger partial charge in [-0.1, -0.05) is 36.4 Å². The zero-order valence-corrected chi connectivity index (χ0v) is 9.84. The molecule has 0 atom stereocenters. The van der Waals surface area contributed by atoms with Gasteiger partial charge in [-0.05, 0) is 34.9 Å². The lowest BCUT2D eigenvalue weighted by molar-refractivity contribution is 0.568. The molecule has 2 N–H and O–H groups in total. The molecule has 1 aromatic heterocycles. The van der Waals surface area contributed by atoms with Crippen LogP contribution in [0, 0.1) is 0 Å². The summed E-state index contributed by atoms with van der Waals surface area (Å²) in [5.74, 6) is 0. The standard InChI is InChI=1S/C16H13NO/c17-14-6-7-15(12-4-2-1-3-5-12)16(10-14)13-8-9-18-11-13/h1-11H,17H2. The van der Waals surface area contributed by atoms with Crippen molar-refractivity contribution in [1.29, 1.82) is 0 Å². The van der Waals surface area contributed by atoms with Crippen molar-refractivity contribution in [2.24, 2.45) is 0 Å². The van der Waals surface area contributed by atoms with E-state index in [2.05, 4.69) is 12.1 Å². The van der Waals surface area contributed by atoms with Gasteiger partial charge in [0.1, 0.15) is 0 Å². The van der Waals surface area contributed by atoms with Crippen LogP contribution in [0.1, 0.15) is 0 Å².